The molecule has 1 amide bonds. The summed E-state index contributed by atoms with van der Waals surface area (Å²) in [5.41, 5.74) is 0.0660. The monoisotopic (exact) mass is 419 g/mol. The first-order valence-electron chi connectivity index (χ1n) is 9.22. The lowest BCUT2D eigenvalue weighted by Gasteiger charge is -2.30. The van der Waals surface area contributed by atoms with Crippen molar-refractivity contribution in [3.8, 4) is 0 Å². The maximum Gasteiger partial charge on any atom is 0.273 e. The van der Waals surface area contributed by atoms with Crippen molar-refractivity contribution >= 4 is 32.7 Å². The van der Waals surface area contributed by atoms with Crippen molar-refractivity contribution < 1.29 is 13.6 Å². The van der Waals surface area contributed by atoms with Gasteiger partial charge in [0.2, 0.25) is 5.91 Å². The van der Waals surface area contributed by atoms with Crippen molar-refractivity contribution in [1.82, 2.24) is 19.9 Å². The number of carbonyl (C=O) groups excluding carboxylic acids is 1. The fraction of sp³-hybridized carbons (Fsp3) is 0.368. The molecular formula is C19H19F2N5O2S. The van der Waals surface area contributed by atoms with E-state index in [0.29, 0.717) is 41.4 Å². The van der Waals surface area contributed by atoms with E-state index in [4.69, 9.17) is 0 Å². The Morgan fingerprint density at radius 1 is 1.31 bits per heavy atom. The molecule has 4 rings (SSSR count). The highest BCUT2D eigenvalue weighted by Gasteiger charge is 2.26. The van der Waals surface area contributed by atoms with Gasteiger partial charge in [0.05, 0.1) is 6.54 Å². The van der Waals surface area contributed by atoms with Gasteiger partial charge in [-0.2, -0.15) is 4.98 Å². The first-order chi connectivity index (χ1) is 14.0. The number of halogens is 2. The number of benzene rings is 1. The van der Waals surface area contributed by atoms with Gasteiger partial charge in [-0.05, 0) is 31.0 Å². The predicted octanol–water partition coefficient (Wildman–Crippen LogP) is 2.14. The van der Waals surface area contributed by atoms with Crippen LogP contribution in [-0.4, -0.2) is 40.6 Å². The van der Waals surface area contributed by atoms with Crippen LogP contribution < -0.4 is 15.8 Å². The number of carbonyl (C=O) groups is 1. The van der Waals surface area contributed by atoms with Crippen LogP contribution in [0.3, 0.4) is 0 Å². The van der Waals surface area contributed by atoms with Crippen molar-refractivity contribution in [1.29, 1.82) is 0 Å². The molecule has 0 unspecified atom stereocenters. The van der Waals surface area contributed by atoms with E-state index < -0.39 is 11.6 Å². The number of piperidine rings is 1. The van der Waals surface area contributed by atoms with Crippen LogP contribution in [0, 0.1) is 17.6 Å². The molecule has 29 heavy (non-hydrogen) atoms. The predicted molar refractivity (Wildman–Crippen MR) is 106 cm³/mol. The highest BCUT2D eigenvalue weighted by Crippen LogP contribution is 2.29. The molecule has 0 aliphatic carbocycles. The van der Waals surface area contributed by atoms with Gasteiger partial charge in [-0.1, -0.05) is 11.3 Å². The molecule has 1 fully saturated rings. The molecular weight excluding hydrogens is 400 g/mol. The zero-order valence-corrected chi connectivity index (χ0v) is 16.5. The summed E-state index contributed by atoms with van der Waals surface area (Å²) in [7, 11) is 1.63. The second kappa shape index (κ2) is 7.86. The summed E-state index contributed by atoms with van der Waals surface area (Å²) in [5, 5.41) is 3.35. The lowest BCUT2D eigenvalue weighted by Crippen LogP contribution is -2.39. The van der Waals surface area contributed by atoms with Gasteiger partial charge in [0.15, 0.2) is 10.8 Å². The van der Waals surface area contributed by atoms with E-state index in [1.807, 2.05) is 4.90 Å². The van der Waals surface area contributed by atoms with E-state index >= 15 is 0 Å². The van der Waals surface area contributed by atoms with Gasteiger partial charge < -0.3 is 10.2 Å². The number of hydrogen-bond donors (Lipinski definition) is 1. The molecule has 1 saturated heterocycles. The van der Waals surface area contributed by atoms with E-state index in [0.717, 1.165) is 18.2 Å². The summed E-state index contributed by atoms with van der Waals surface area (Å²) in [6, 6.07) is 3.14. The Morgan fingerprint density at radius 3 is 2.79 bits per heavy atom. The van der Waals surface area contributed by atoms with Crippen molar-refractivity contribution in [3.63, 3.8) is 0 Å². The molecule has 0 saturated carbocycles. The Kier molecular flexibility index (Phi) is 5.27. The Morgan fingerprint density at radius 2 is 2.07 bits per heavy atom. The standard InChI is InChI=1S/C19H19F2N5O2S/c1-22-17(27)11-4-6-25(7-5-11)19-24-16-15(29-19)18(28)26(10-23-16)9-12-8-13(20)2-3-14(12)21/h2-3,8,10-11H,4-7,9H2,1H3,(H,22,27). The molecule has 3 heterocycles. The molecule has 1 N–H and O–H groups in total. The van der Waals surface area contributed by atoms with Crippen molar-refractivity contribution in [2.75, 3.05) is 25.0 Å². The Balaban J connectivity index is 1.58. The number of thiazole rings is 1. The molecule has 1 aliphatic heterocycles. The first kappa shape index (κ1) is 19.4. The van der Waals surface area contributed by atoms with Crippen molar-refractivity contribution in [2.45, 2.75) is 19.4 Å². The summed E-state index contributed by atoms with van der Waals surface area (Å²) in [6.07, 6.45) is 2.73. The van der Waals surface area contributed by atoms with Gasteiger partial charge in [-0.25, -0.2) is 13.8 Å². The Labute approximate surface area is 169 Å². The minimum absolute atomic E-state index is 0.0119. The second-order valence-corrected chi connectivity index (χ2v) is 7.92. The normalized spacial score (nSPS) is 15.1. The zero-order valence-electron chi connectivity index (χ0n) is 15.7. The van der Waals surface area contributed by atoms with Crippen LogP contribution in [0.5, 0.6) is 0 Å². The van der Waals surface area contributed by atoms with Crippen LogP contribution >= 0.6 is 11.3 Å². The molecule has 152 valence electrons. The molecule has 0 radical (unpaired) electrons. The average Bonchev–Trinajstić information content (AvgIpc) is 3.17. The highest BCUT2D eigenvalue weighted by atomic mass is 32.1. The summed E-state index contributed by atoms with van der Waals surface area (Å²) >= 11 is 1.23. The minimum atomic E-state index is -0.581. The average molecular weight is 419 g/mol. The summed E-state index contributed by atoms with van der Waals surface area (Å²) < 4.78 is 28.9. The molecule has 1 aromatic carbocycles. The Hall–Kier alpha value is -2.88. The molecule has 7 nitrogen and oxygen atoms in total. The molecule has 0 bridgehead atoms. The largest absolute Gasteiger partial charge is 0.359 e. The van der Waals surface area contributed by atoms with Crippen LogP contribution in [0.25, 0.3) is 10.3 Å². The smallest absolute Gasteiger partial charge is 0.273 e. The maximum absolute atomic E-state index is 13.9. The number of nitrogens with zero attached hydrogens (tertiary/aromatic N) is 4. The van der Waals surface area contributed by atoms with Gasteiger partial charge in [0.25, 0.3) is 5.56 Å². The number of hydrogen-bond acceptors (Lipinski definition) is 6. The van der Waals surface area contributed by atoms with E-state index in [9.17, 15) is 18.4 Å². The molecule has 1 aliphatic rings. The van der Waals surface area contributed by atoms with Crippen LogP contribution in [0.1, 0.15) is 18.4 Å². The van der Waals surface area contributed by atoms with Crippen LogP contribution in [0.4, 0.5) is 13.9 Å². The van der Waals surface area contributed by atoms with Gasteiger partial charge in [-0.15, -0.1) is 0 Å². The minimum Gasteiger partial charge on any atom is -0.359 e. The number of amides is 1. The van der Waals surface area contributed by atoms with Gasteiger partial charge in [0, 0.05) is 31.6 Å². The van der Waals surface area contributed by atoms with Gasteiger partial charge >= 0.3 is 0 Å². The summed E-state index contributed by atoms with van der Waals surface area (Å²) in [4.78, 5) is 35.3. The lowest BCUT2D eigenvalue weighted by molar-refractivity contribution is -0.125. The maximum atomic E-state index is 13.9. The SMILES string of the molecule is CNC(=O)C1CCN(c2nc3ncn(Cc4cc(F)ccc4F)c(=O)c3s2)CC1. The number of aromatic nitrogens is 3. The quantitative estimate of drug-likeness (QED) is 0.701. The number of nitrogens with one attached hydrogen (secondary N) is 1. The van der Waals surface area contributed by atoms with Gasteiger partial charge in [0.1, 0.15) is 22.7 Å². The first-order valence-corrected chi connectivity index (χ1v) is 10.0. The lowest BCUT2D eigenvalue weighted by atomic mass is 9.96. The Bertz CT molecular complexity index is 1120. The number of fused-ring (bicyclic) bond motifs is 1. The van der Waals surface area contributed by atoms with Crippen LogP contribution in [-0.2, 0) is 11.3 Å². The van der Waals surface area contributed by atoms with E-state index in [1.54, 1.807) is 7.05 Å². The third-order valence-corrected chi connectivity index (χ3v) is 6.20. The third-order valence-electron chi connectivity index (χ3n) is 5.10. The highest BCUT2D eigenvalue weighted by molar-refractivity contribution is 7.22. The summed E-state index contributed by atoms with van der Waals surface area (Å²) in [6.45, 7) is 1.22. The molecule has 3 aromatic rings. The van der Waals surface area contributed by atoms with E-state index in [-0.39, 0.29) is 29.5 Å². The number of rotatable bonds is 4. The van der Waals surface area contributed by atoms with Crippen molar-refractivity contribution in [2.24, 2.45) is 5.92 Å². The topological polar surface area (TPSA) is 80.1 Å². The van der Waals surface area contributed by atoms with E-state index in [2.05, 4.69) is 15.3 Å². The van der Waals surface area contributed by atoms with Gasteiger partial charge in [-0.3, -0.25) is 14.2 Å². The number of anilines is 1. The molecule has 10 heteroatoms. The fourth-order valence-electron chi connectivity index (χ4n) is 3.47. The van der Waals surface area contributed by atoms with Crippen molar-refractivity contribution in [3.05, 3.63) is 52.1 Å². The van der Waals surface area contributed by atoms with Crippen LogP contribution in [0.2, 0.25) is 0 Å². The zero-order chi connectivity index (χ0) is 20.5. The fourth-order valence-corrected chi connectivity index (χ4v) is 4.49. The second-order valence-electron chi connectivity index (χ2n) is 6.94. The molecule has 2 aromatic heterocycles. The summed E-state index contributed by atoms with van der Waals surface area (Å²) in [5.74, 6) is -1.11. The van der Waals surface area contributed by atoms with Crippen LogP contribution in [0.15, 0.2) is 29.3 Å². The molecule has 0 atom stereocenters. The van der Waals surface area contributed by atoms with E-state index in [1.165, 1.54) is 22.2 Å². The third kappa shape index (κ3) is 3.84. The molecule has 0 spiro atoms.